The van der Waals surface area contributed by atoms with E-state index in [2.05, 4.69) is 39.8 Å². The molecular formula is C22H26ClN3O2S. The maximum atomic E-state index is 12.0. The van der Waals surface area contributed by atoms with Gasteiger partial charge in [-0.2, -0.15) is 0 Å². The summed E-state index contributed by atoms with van der Waals surface area (Å²) in [6.45, 7) is 5.98. The average Bonchev–Trinajstić information content (AvgIpc) is 2.72. The summed E-state index contributed by atoms with van der Waals surface area (Å²) in [5.74, 6) is -0.442. The minimum atomic E-state index is -0.442. The smallest absolute Gasteiger partial charge is 0.339 e. The van der Waals surface area contributed by atoms with Gasteiger partial charge in [0.25, 0.3) is 0 Å². The van der Waals surface area contributed by atoms with Crippen LogP contribution in [0.5, 0.6) is 0 Å². The minimum Gasteiger partial charge on any atom is -0.462 e. The molecule has 3 rings (SSSR count). The summed E-state index contributed by atoms with van der Waals surface area (Å²) >= 11 is 11.5. The predicted octanol–water partition coefficient (Wildman–Crippen LogP) is 4.25. The molecule has 29 heavy (non-hydrogen) atoms. The Kier molecular flexibility index (Phi) is 7.86. The lowest BCUT2D eigenvalue weighted by Gasteiger charge is -2.28. The molecule has 0 unspecified atom stereocenters. The van der Waals surface area contributed by atoms with Crippen molar-refractivity contribution in [1.29, 1.82) is 0 Å². The predicted molar refractivity (Wildman–Crippen MR) is 122 cm³/mol. The maximum Gasteiger partial charge on any atom is 0.339 e. The van der Waals surface area contributed by atoms with Crippen molar-refractivity contribution in [2.75, 3.05) is 31.6 Å². The molecule has 7 heteroatoms. The lowest BCUT2D eigenvalue weighted by atomic mass is 10.00. The lowest BCUT2D eigenvalue weighted by Crippen LogP contribution is -2.34. The van der Waals surface area contributed by atoms with Gasteiger partial charge in [-0.05, 0) is 61.3 Å². The van der Waals surface area contributed by atoms with Crippen molar-refractivity contribution in [2.45, 2.75) is 26.3 Å². The van der Waals surface area contributed by atoms with Crippen LogP contribution in [0, 0.1) is 0 Å². The second kappa shape index (κ2) is 10.6. The second-order valence-corrected chi connectivity index (χ2v) is 7.76. The Bertz CT molecular complexity index is 875. The number of anilines is 1. The topological polar surface area (TPSA) is 53.6 Å². The summed E-state index contributed by atoms with van der Waals surface area (Å²) < 4.78 is 5.02. The molecule has 1 aliphatic heterocycles. The van der Waals surface area contributed by atoms with Crippen LogP contribution in [-0.2, 0) is 17.7 Å². The summed E-state index contributed by atoms with van der Waals surface area (Å²) in [7, 11) is 0. The van der Waals surface area contributed by atoms with Crippen LogP contribution in [0.2, 0.25) is 5.02 Å². The third-order valence-corrected chi connectivity index (χ3v) is 5.44. The quantitative estimate of drug-likeness (QED) is 0.388. The van der Waals surface area contributed by atoms with E-state index in [9.17, 15) is 4.79 Å². The number of esters is 1. The molecule has 2 aromatic rings. The number of carbonyl (C=O) groups is 1. The molecule has 0 spiro atoms. The van der Waals surface area contributed by atoms with Crippen LogP contribution in [0.25, 0.3) is 0 Å². The summed E-state index contributed by atoms with van der Waals surface area (Å²) in [4.78, 5) is 14.4. The number of thiocarbonyl (C=S) groups is 1. The van der Waals surface area contributed by atoms with Gasteiger partial charge in [0.1, 0.15) is 0 Å². The van der Waals surface area contributed by atoms with Gasteiger partial charge < -0.3 is 15.4 Å². The number of fused-ring (bicyclic) bond motifs is 1. The van der Waals surface area contributed by atoms with Crippen LogP contribution < -0.4 is 10.6 Å². The fraction of sp³-hybridized carbons (Fsp3) is 0.364. The molecule has 0 bridgehead atoms. The molecule has 0 saturated carbocycles. The number of nitrogens with zero attached hydrogens (tertiary/aromatic N) is 1. The van der Waals surface area contributed by atoms with E-state index < -0.39 is 5.97 Å². The molecule has 1 aliphatic rings. The number of hydrogen-bond acceptors (Lipinski definition) is 4. The summed E-state index contributed by atoms with van der Waals surface area (Å²) in [6.07, 6.45) is 2.11. The monoisotopic (exact) mass is 431 g/mol. The van der Waals surface area contributed by atoms with Crippen molar-refractivity contribution in [2.24, 2.45) is 0 Å². The number of rotatable bonds is 7. The van der Waals surface area contributed by atoms with Crippen molar-refractivity contribution < 1.29 is 9.53 Å². The van der Waals surface area contributed by atoms with E-state index in [0.29, 0.717) is 28.0 Å². The first-order chi connectivity index (χ1) is 14.1. The van der Waals surface area contributed by atoms with Gasteiger partial charge in [0, 0.05) is 31.9 Å². The molecule has 2 N–H and O–H groups in total. The molecule has 0 fully saturated rings. The lowest BCUT2D eigenvalue weighted by molar-refractivity contribution is 0.0526. The highest BCUT2D eigenvalue weighted by Crippen LogP contribution is 2.22. The van der Waals surface area contributed by atoms with Crippen molar-refractivity contribution in [3.8, 4) is 0 Å². The summed E-state index contributed by atoms with van der Waals surface area (Å²) in [5, 5.41) is 7.20. The molecule has 0 aromatic heterocycles. The van der Waals surface area contributed by atoms with E-state index in [-0.39, 0.29) is 0 Å². The molecule has 5 nitrogen and oxygen atoms in total. The molecule has 0 amide bonds. The number of nitrogens with one attached hydrogen (secondary N) is 2. The first-order valence-electron chi connectivity index (χ1n) is 9.87. The fourth-order valence-electron chi connectivity index (χ4n) is 3.39. The van der Waals surface area contributed by atoms with E-state index in [1.165, 1.54) is 11.1 Å². The van der Waals surface area contributed by atoms with Crippen LogP contribution in [0.3, 0.4) is 0 Å². The summed E-state index contributed by atoms with van der Waals surface area (Å²) in [5.41, 5.74) is 3.93. The Balaban J connectivity index is 1.41. The van der Waals surface area contributed by atoms with Gasteiger partial charge >= 0.3 is 5.97 Å². The van der Waals surface area contributed by atoms with E-state index >= 15 is 0 Å². The SMILES string of the molecule is CCOC(=O)c1cc(NC(=S)NCCCN2CCc3ccccc3C2)ccc1Cl. The second-order valence-electron chi connectivity index (χ2n) is 6.94. The Morgan fingerprint density at radius 2 is 2.03 bits per heavy atom. The number of hydrogen-bond donors (Lipinski definition) is 2. The van der Waals surface area contributed by atoms with Crippen LogP contribution in [0.15, 0.2) is 42.5 Å². The highest BCUT2D eigenvalue weighted by Gasteiger charge is 2.15. The fourth-order valence-corrected chi connectivity index (χ4v) is 3.81. The average molecular weight is 432 g/mol. The van der Waals surface area contributed by atoms with Gasteiger partial charge in [0.05, 0.1) is 17.2 Å². The van der Waals surface area contributed by atoms with Crippen molar-refractivity contribution in [3.05, 3.63) is 64.2 Å². The Labute approximate surface area is 182 Å². The third kappa shape index (κ3) is 6.16. The molecule has 154 valence electrons. The van der Waals surface area contributed by atoms with E-state index in [1.54, 1.807) is 25.1 Å². The van der Waals surface area contributed by atoms with E-state index in [1.807, 2.05) is 0 Å². The standard InChI is InChI=1S/C22H26ClN3O2S/c1-2-28-21(27)19-14-18(8-9-20(19)23)25-22(29)24-11-5-12-26-13-10-16-6-3-4-7-17(16)15-26/h3-4,6-9,14H,2,5,10-13,15H2,1H3,(H2,24,25,29). The van der Waals surface area contributed by atoms with Crippen molar-refractivity contribution in [3.63, 3.8) is 0 Å². The van der Waals surface area contributed by atoms with Gasteiger partial charge in [-0.25, -0.2) is 4.79 Å². The Morgan fingerprint density at radius 1 is 1.24 bits per heavy atom. The number of benzene rings is 2. The van der Waals surface area contributed by atoms with Crippen LogP contribution >= 0.6 is 23.8 Å². The first kappa shape index (κ1) is 21.6. The van der Waals surface area contributed by atoms with Gasteiger partial charge in [0.2, 0.25) is 0 Å². The van der Waals surface area contributed by atoms with Crippen molar-refractivity contribution >= 4 is 40.6 Å². The zero-order valence-electron chi connectivity index (χ0n) is 16.5. The highest BCUT2D eigenvalue weighted by atomic mass is 35.5. The van der Waals surface area contributed by atoms with Crippen LogP contribution in [0.1, 0.15) is 34.8 Å². The molecule has 0 radical (unpaired) electrons. The van der Waals surface area contributed by atoms with Crippen LogP contribution in [0.4, 0.5) is 5.69 Å². The highest BCUT2D eigenvalue weighted by molar-refractivity contribution is 7.80. The maximum absolute atomic E-state index is 12.0. The number of ether oxygens (including phenoxy) is 1. The zero-order valence-corrected chi connectivity index (χ0v) is 18.1. The van der Waals surface area contributed by atoms with E-state index in [4.69, 9.17) is 28.6 Å². The number of halogens is 1. The molecular weight excluding hydrogens is 406 g/mol. The largest absolute Gasteiger partial charge is 0.462 e. The molecule has 0 saturated heterocycles. The van der Waals surface area contributed by atoms with Gasteiger partial charge in [0.15, 0.2) is 5.11 Å². The van der Waals surface area contributed by atoms with Crippen LogP contribution in [-0.4, -0.2) is 42.2 Å². The summed E-state index contributed by atoms with van der Waals surface area (Å²) in [6, 6.07) is 13.8. The Hall–Kier alpha value is -2.15. The normalized spacial score (nSPS) is 13.4. The third-order valence-electron chi connectivity index (χ3n) is 4.87. The number of carbonyl (C=O) groups excluding carboxylic acids is 1. The first-order valence-corrected chi connectivity index (χ1v) is 10.7. The van der Waals surface area contributed by atoms with Crippen molar-refractivity contribution in [1.82, 2.24) is 10.2 Å². The molecule has 0 aliphatic carbocycles. The molecule has 2 aromatic carbocycles. The zero-order chi connectivity index (χ0) is 20.6. The minimum absolute atomic E-state index is 0.301. The van der Waals surface area contributed by atoms with Gasteiger partial charge in [-0.3, -0.25) is 4.90 Å². The van der Waals surface area contributed by atoms with Gasteiger partial charge in [-0.1, -0.05) is 35.9 Å². The molecule has 0 atom stereocenters. The van der Waals surface area contributed by atoms with E-state index in [0.717, 1.165) is 39.0 Å². The Morgan fingerprint density at radius 3 is 2.83 bits per heavy atom. The molecule has 1 heterocycles. The van der Waals surface area contributed by atoms with Gasteiger partial charge in [-0.15, -0.1) is 0 Å².